The number of aldehydes is 1. The summed E-state index contributed by atoms with van der Waals surface area (Å²) in [6, 6.07) is 15.2. The molecule has 0 atom stereocenters. The van der Waals surface area contributed by atoms with Gasteiger partial charge in [0.25, 0.3) is 0 Å². The average Bonchev–Trinajstić information content (AvgIpc) is 3.03. The molecule has 1 aromatic heterocycles. The number of nitrogens with zero attached hydrogens (tertiary/aromatic N) is 1. The van der Waals surface area contributed by atoms with Crippen LogP contribution in [0.5, 0.6) is 0 Å². The SMILES string of the molecule is CC.CC.O=Cc1ccc(-c2nc3ccccc3[nH]2)cc1. The second-order valence-electron chi connectivity index (χ2n) is 3.84. The molecule has 0 saturated heterocycles. The zero-order chi connectivity index (χ0) is 15.7. The highest BCUT2D eigenvalue weighted by Gasteiger charge is 2.04. The van der Waals surface area contributed by atoms with Crippen molar-refractivity contribution in [3.05, 3.63) is 54.1 Å². The molecule has 0 aliphatic carbocycles. The molecule has 0 bridgehead atoms. The van der Waals surface area contributed by atoms with Gasteiger partial charge in [0.05, 0.1) is 11.0 Å². The lowest BCUT2D eigenvalue weighted by atomic mass is 10.1. The van der Waals surface area contributed by atoms with E-state index in [2.05, 4.69) is 9.97 Å². The number of fused-ring (bicyclic) bond motifs is 1. The number of hydrogen-bond donors (Lipinski definition) is 1. The maximum Gasteiger partial charge on any atom is 0.150 e. The summed E-state index contributed by atoms with van der Waals surface area (Å²) in [5, 5.41) is 0. The van der Waals surface area contributed by atoms with Gasteiger partial charge < -0.3 is 4.98 Å². The Hall–Kier alpha value is -2.42. The molecule has 0 aliphatic heterocycles. The molecule has 2 aromatic carbocycles. The number of carbonyl (C=O) groups excluding carboxylic acids is 1. The Bertz CT molecular complexity index is 636. The van der Waals surface area contributed by atoms with Crippen LogP contribution in [0.1, 0.15) is 38.1 Å². The molecule has 0 amide bonds. The zero-order valence-corrected chi connectivity index (χ0v) is 13.1. The molecule has 0 spiro atoms. The lowest BCUT2D eigenvalue weighted by Crippen LogP contribution is -1.82. The van der Waals surface area contributed by atoms with Gasteiger partial charge in [-0.3, -0.25) is 4.79 Å². The quantitative estimate of drug-likeness (QED) is 0.665. The fraction of sp³-hybridized carbons (Fsp3) is 0.222. The molecule has 3 heteroatoms. The van der Waals surface area contributed by atoms with Crippen LogP contribution in [0.15, 0.2) is 48.5 Å². The number of imidazole rings is 1. The van der Waals surface area contributed by atoms with Crippen molar-refractivity contribution in [2.45, 2.75) is 27.7 Å². The summed E-state index contributed by atoms with van der Waals surface area (Å²) in [4.78, 5) is 18.3. The minimum atomic E-state index is 0.671. The van der Waals surface area contributed by atoms with E-state index >= 15 is 0 Å². The van der Waals surface area contributed by atoms with Crippen molar-refractivity contribution in [3.8, 4) is 11.4 Å². The Labute approximate surface area is 126 Å². The molecule has 0 unspecified atom stereocenters. The van der Waals surface area contributed by atoms with Gasteiger partial charge in [0, 0.05) is 11.1 Å². The minimum Gasteiger partial charge on any atom is -0.338 e. The zero-order valence-electron chi connectivity index (χ0n) is 13.1. The fourth-order valence-electron chi connectivity index (χ4n) is 1.81. The van der Waals surface area contributed by atoms with E-state index in [1.807, 2.05) is 64.1 Å². The highest BCUT2D eigenvalue weighted by molar-refractivity contribution is 5.80. The van der Waals surface area contributed by atoms with Crippen molar-refractivity contribution in [1.29, 1.82) is 0 Å². The predicted octanol–water partition coefficient (Wildman–Crippen LogP) is 5.09. The molecule has 0 aliphatic rings. The van der Waals surface area contributed by atoms with E-state index < -0.39 is 0 Å². The maximum absolute atomic E-state index is 10.6. The van der Waals surface area contributed by atoms with Gasteiger partial charge in [-0.05, 0) is 12.1 Å². The first-order valence-corrected chi connectivity index (χ1v) is 7.37. The van der Waals surface area contributed by atoms with Gasteiger partial charge in [0.15, 0.2) is 0 Å². The van der Waals surface area contributed by atoms with Crippen LogP contribution in [-0.2, 0) is 0 Å². The van der Waals surface area contributed by atoms with Crippen LogP contribution in [0.25, 0.3) is 22.4 Å². The van der Waals surface area contributed by atoms with Gasteiger partial charge >= 0.3 is 0 Å². The van der Waals surface area contributed by atoms with Gasteiger partial charge in [-0.15, -0.1) is 0 Å². The Morgan fingerprint density at radius 3 is 2.10 bits per heavy atom. The number of para-hydroxylation sites is 2. The second-order valence-corrected chi connectivity index (χ2v) is 3.84. The average molecular weight is 282 g/mol. The van der Waals surface area contributed by atoms with Crippen LogP contribution in [0, 0.1) is 0 Å². The van der Waals surface area contributed by atoms with E-state index in [9.17, 15) is 4.79 Å². The van der Waals surface area contributed by atoms with E-state index in [1.165, 1.54) is 0 Å². The molecule has 21 heavy (non-hydrogen) atoms. The summed E-state index contributed by atoms with van der Waals surface area (Å²) in [6.07, 6.45) is 0.836. The van der Waals surface area contributed by atoms with E-state index in [0.29, 0.717) is 5.56 Å². The van der Waals surface area contributed by atoms with E-state index in [0.717, 1.165) is 28.7 Å². The summed E-state index contributed by atoms with van der Waals surface area (Å²) in [7, 11) is 0. The number of aromatic amines is 1. The summed E-state index contributed by atoms with van der Waals surface area (Å²) < 4.78 is 0. The maximum atomic E-state index is 10.6. The molecule has 3 aromatic rings. The van der Waals surface area contributed by atoms with E-state index in [1.54, 1.807) is 12.1 Å². The molecule has 3 rings (SSSR count). The van der Waals surface area contributed by atoms with Crippen LogP contribution in [0.4, 0.5) is 0 Å². The second kappa shape index (κ2) is 8.69. The first-order chi connectivity index (χ1) is 10.4. The van der Waals surface area contributed by atoms with Crippen molar-refractivity contribution >= 4 is 17.3 Å². The number of aromatic nitrogens is 2. The number of hydrogen-bond acceptors (Lipinski definition) is 2. The molecule has 0 fully saturated rings. The van der Waals surface area contributed by atoms with Gasteiger partial charge in [-0.2, -0.15) is 0 Å². The molecule has 1 N–H and O–H groups in total. The van der Waals surface area contributed by atoms with Crippen molar-refractivity contribution in [2.24, 2.45) is 0 Å². The van der Waals surface area contributed by atoms with Gasteiger partial charge in [0.1, 0.15) is 12.1 Å². The van der Waals surface area contributed by atoms with Gasteiger partial charge in [-0.1, -0.05) is 64.1 Å². The number of rotatable bonds is 2. The topological polar surface area (TPSA) is 45.8 Å². The molecular formula is C18H22N2O. The van der Waals surface area contributed by atoms with E-state index in [4.69, 9.17) is 0 Å². The summed E-state index contributed by atoms with van der Waals surface area (Å²) in [5.74, 6) is 0.823. The molecular weight excluding hydrogens is 260 g/mol. The third kappa shape index (κ3) is 4.02. The lowest BCUT2D eigenvalue weighted by Gasteiger charge is -1.96. The van der Waals surface area contributed by atoms with Crippen molar-refractivity contribution in [3.63, 3.8) is 0 Å². The first kappa shape index (κ1) is 16.6. The Balaban J connectivity index is 0.000000510. The minimum absolute atomic E-state index is 0.671. The summed E-state index contributed by atoms with van der Waals surface area (Å²) >= 11 is 0. The van der Waals surface area contributed by atoms with Crippen molar-refractivity contribution in [2.75, 3.05) is 0 Å². The fourth-order valence-corrected chi connectivity index (χ4v) is 1.81. The smallest absolute Gasteiger partial charge is 0.150 e. The predicted molar refractivity (Wildman–Crippen MR) is 89.6 cm³/mol. The number of carbonyl (C=O) groups is 1. The van der Waals surface area contributed by atoms with Crippen LogP contribution in [-0.4, -0.2) is 16.3 Å². The van der Waals surface area contributed by atoms with Crippen LogP contribution in [0.3, 0.4) is 0 Å². The number of benzene rings is 2. The number of H-pyrrole nitrogens is 1. The van der Waals surface area contributed by atoms with Gasteiger partial charge in [-0.25, -0.2) is 4.98 Å². The van der Waals surface area contributed by atoms with Crippen LogP contribution >= 0.6 is 0 Å². The lowest BCUT2D eigenvalue weighted by molar-refractivity contribution is 0.112. The summed E-state index contributed by atoms with van der Waals surface area (Å²) in [5.41, 5.74) is 3.61. The largest absolute Gasteiger partial charge is 0.338 e. The highest BCUT2D eigenvalue weighted by atomic mass is 16.1. The van der Waals surface area contributed by atoms with Crippen LogP contribution in [0.2, 0.25) is 0 Å². The standard InChI is InChI=1S/C14H10N2O.2C2H6/c17-9-10-5-7-11(8-6-10)14-15-12-3-1-2-4-13(12)16-14;2*1-2/h1-9H,(H,15,16);2*1-2H3. The molecule has 110 valence electrons. The third-order valence-electron chi connectivity index (χ3n) is 2.71. The first-order valence-electron chi connectivity index (χ1n) is 7.37. The number of nitrogens with one attached hydrogen (secondary N) is 1. The highest BCUT2D eigenvalue weighted by Crippen LogP contribution is 2.20. The molecule has 0 saturated carbocycles. The molecule has 1 heterocycles. The summed E-state index contributed by atoms with van der Waals surface area (Å²) in [6.45, 7) is 8.00. The van der Waals surface area contributed by atoms with Gasteiger partial charge in [0.2, 0.25) is 0 Å². The Morgan fingerprint density at radius 1 is 0.905 bits per heavy atom. The normalized spacial score (nSPS) is 9.14. The molecule has 0 radical (unpaired) electrons. The monoisotopic (exact) mass is 282 g/mol. The van der Waals surface area contributed by atoms with Crippen molar-refractivity contribution < 1.29 is 4.79 Å². The Morgan fingerprint density at radius 2 is 1.52 bits per heavy atom. The van der Waals surface area contributed by atoms with Crippen molar-refractivity contribution in [1.82, 2.24) is 9.97 Å². The third-order valence-corrected chi connectivity index (χ3v) is 2.71. The van der Waals surface area contributed by atoms with Crippen LogP contribution < -0.4 is 0 Å². The molecule has 3 nitrogen and oxygen atoms in total. The van der Waals surface area contributed by atoms with E-state index in [-0.39, 0.29) is 0 Å². The Kier molecular flexibility index (Phi) is 6.88.